The third kappa shape index (κ3) is 2.70. The van der Waals surface area contributed by atoms with Crippen LogP contribution in [-0.4, -0.2) is 16.7 Å². The number of nitriles is 1. The van der Waals surface area contributed by atoms with Crippen LogP contribution in [0, 0.1) is 11.3 Å². The fourth-order valence-corrected chi connectivity index (χ4v) is 2.48. The molecule has 2 aromatic carbocycles. The fraction of sp³-hybridized carbons (Fsp3) is 0.0556. The number of aromatic nitrogens is 1. The van der Waals surface area contributed by atoms with Crippen molar-refractivity contribution in [1.82, 2.24) is 4.98 Å². The van der Waals surface area contributed by atoms with Gasteiger partial charge in [0.2, 0.25) is 11.7 Å². The zero-order valence-electron chi connectivity index (χ0n) is 12.4. The molecule has 0 spiro atoms. The van der Waals surface area contributed by atoms with E-state index in [0.717, 1.165) is 0 Å². The van der Waals surface area contributed by atoms with Gasteiger partial charge in [0.25, 0.3) is 0 Å². The van der Waals surface area contributed by atoms with Crippen molar-refractivity contribution in [3.63, 3.8) is 0 Å². The molecule has 23 heavy (non-hydrogen) atoms. The molecule has 0 aliphatic rings. The highest BCUT2D eigenvalue weighted by atomic mass is 16.1. The summed E-state index contributed by atoms with van der Waals surface area (Å²) in [6, 6.07) is 15.9. The van der Waals surface area contributed by atoms with Crippen molar-refractivity contribution in [2.45, 2.75) is 6.92 Å². The summed E-state index contributed by atoms with van der Waals surface area (Å²) in [7, 11) is 0. The number of benzene rings is 2. The smallest absolute Gasteiger partial charge is 0.221 e. The Morgan fingerprint density at radius 1 is 1.13 bits per heavy atom. The number of rotatable bonds is 3. The summed E-state index contributed by atoms with van der Waals surface area (Å²) in [5, 5.41) is 12.4. The van der Waals surface area contributed by atoms with E-state index in [9.17, 15) is 9.59 Å². The van der Waals surface area contributed by atoms with E-state index < -0.39 is 0 Å². The van der Waals surface area contributed by atoms with Gasteiger partial charge in [-0.15, -0.1) is 0 Å². The van der Waals surface area contributed by atoms with Gasteiger partial charge in [-0.2, -0.15) is 5.26 Å². The molecule has 1 amide bonds. The summed E-state index contributed by atoms with van der Waals surface area (Å²) in [5.74, 6) is -0.485. The number of amides is 1. The van der Waals surface area contributed by atoms with Crippen LogP contribution in [0.4, 0.5) is 5.69 Å². The van der Waals surface area contributed by atoms with Crippen molar-refractivity contribution in [2.75, 3.05) is 5.32 Å². The summed E-state index contributed by atoms with van der Waals surface area (Å²) < 4.78 is 0. The Morgan fingerprint density at radius 3 is 2.52 bits per heavy atom. The second-order valence-corrected chi connectivity index (χ2v) is 5.12. The monoisotopic (exact) mass is 303 g/mol. The van der Waals surface area contributed by atoms with Crippen molar-refractivity contribution in [3.8, 4) is 6.07 Å². The predicted octanol–water partition coefficient (Wildman–Crippen LogP) is 3.23. The quantitative estimate of drug-likeness (QED) is 0.728. The van der Waals surface area contributed by atoms with Gasteiger partial charge in [0, 0.05) is 23.4 Å². The minimum Gasteiger partial charge on any atom is -0.350 e. The number of nitrogens with one attached hydrogen (secondary N) is 2. The lowest BCUT2D eigenvalue weighted by atomic mass is 10.1. The lowest BCUT2D eigenvalue weighted by Gasteiger charge is -2.05. The zero-order valence-corrected chi connectivity index (χ0v) is 12.4. The Morgan fingerprint density at radius 2 is 1.87 bits per heavy atom. The Bertz CT molecular complexity index is 950. The molecule has 0 saturated carbocycles. The molecule has 0 saturated heterocycles. The molecule has 0 unspecified atom stereocenters. The highest BCUT2D eigenvalue weighted by Crippen LogP contribution is 2.30. The SMILES string of the molecule is CC(=O)Nc1c(C(=O)c2ccccc2)[nH]c2cc(C#N)ccc12. The average molecular weight is 303 g/mol. The van der Waals surface area contributed by atoms with Crippen LogP contribution in [0.3, 0.4) is 0 Å². The van der Waals surface area contributed by atoms with Crippen molar-refractivity contribution in [3.05, 3.63) is 65.4 Å². The van der Waals surface area contributed by atoms with Crippen LogP contribution in [0.15, 0.2) is 48.5 Å². The molecule has 0 atom stereocenters. The molecule has 5 nitrogen and oxygen atoms in total. The van der Waals surface area contributed by atoms with E-state index in [4.69, 9.17) is 5.26 Å². The van der Waals surface area contributed by atoms with Crippen molar-refractivity contribution >= 4 is 28.3 Å². The topological polar surface area (TPSA) is 85.8 Å². The molecule has 0 bridgehead atoms. The maximum Gasteiger partial charge on any atom is 0.221 e. The first kappa shape index (κ1) is 14.5. The normalized spacial score (nSPS) is 10.3. The summed E-state index contributed by atoms with van der Waals surface area (Å²) >= 11 is 0. The van der Waals surface area contributed by atoms with Gasteiger partial charge in [-0.25, -0.2) is 0 Å². The van der Waals surface area contributed by atoms with Gasteiger partial charge in [0.1, 0.15) is 5.69 Å². The van der Waals surface area contributed by atoms with Crippen molar-refractivity contribution < 1.29 is 9.59 Å². The highest BCUT2D eigenvalue weighted by molar-refractivity contribution is 6.18. The van der Waals surface area contributed by atoms with Crippen molar-refractivity contribution in [1.29, 1.82) is 5.26 Å². The molecule has 3 rings (SSSR count). The minimum absolute atomic E-state index is 0.218. The van der Waals surface area contributed by atoms with E-state index in [1.807, 2.05) is 6.07 Å². The van der Waals surface area contributed by atoms with Gasteiger partial charge in [-0.3, -0.25) is 9.59 Å². The molecular weight excluding hydrogens is 290 g/mol. The second-order valence-electron chi connectivity index (χ2n) is 5.12. The van der Waals surface area contributed by atoms with Crippen LogP contribution < -0.4 is 5.32 Å². The summed E-state index contributed by atoms with van der Waals surface area (Å²) in [5.41, 5.74) is 2.37. The molecular formula is C18H13N3O2. The number of aromatic amines is 1. The number of fused-ring (bicyclic) bond motifs is 1. The molecule has 0 radical (unpaired) electrons. The summed E-state index contributed by atoms with van der Waals surface area (Å²) in [6.45, 7) is 1.39. The first-order chi connectivity index (χ1) is 11.1. The first-order valence-electron chi connectivity index (χ1n) is 7.03. The number of nitrogens with zero attached hydrogens (tertiary/aromatic N) is 1. The van der Waals surface area contributed by atoms with Gasteiger partial charge in [0.05, 0.1) is 17.3 Å². The van der Waals surface area contributed by atoms with Gasteiger partial charge < -0.3 is 10.3 Å². The zero-order chi connectivity index (χ0) is 16.4. The Kier molecular flexibility index (Phi) is 3.65. The predicted molar refractivity (Wildman–Crippen MR) is 87.2 cm³/mol. The lowest BCUT2D eigenvalue weighted by molar-refractivity contribution is -0.114. The van der Waals surface area contributed by atoms with Crippen LogP contribution in [0.25, 0.3) is 10.9 Å². The number of carbonyl (C=O) groups excluding carboxylic acids is 2. The number of anilines is 1. The van der Waals surface area contributed by atoms with Gasteiger partial charge >= 0.3 is 0 Å². The van der Waals surface area contributed by atoms with E-state index in [0.29, 0.717) is 33.4 Å². The fourth-order valence-electron chi connectivity index (χ4n) is 2.48. The third-order valence-corrected chi connectivity index (χ3v) is 3.49. The average Bonchev–Trinajstić information content (AvgIpc) is 2.92. The Balaban J connectivity index is 2.20. The van der Waals surface area contributed by atoms with E-state index in [1.54, 1.807) is 42.5 Å². The van der Waals surface area contributed by atoms with Gasteiger partial charge in [-0.1, -0.05) is 30.3 Å². The molecule has 1 heterocycles. The largest absolute Gasteiger partial charge is 0.350 e. The highest BCUT2D eigenvalue weighted by Gasteiger charge is 2.20. The number of hydrogen-bond acceptors (Lipinski definition) is 3. The molecule has 3 aromatic rings. The van der Waals surface area contributed by atoms with Crippen LogP contribution in [0.5, 0.6) is 0 Å². The van der Waals surface area contributed by atoms with Crippen LogP contribution in [0.1, 0.15) is 28.5 Å². The van der Waals surface area contributed by atoms with E-state index in [1.165, 1.54) is 6.92 Å². The van der Waals surface area contributed by atoms with E-state index >= 15 is 0 Å². The van der Waals surface area contributed by atoms with Crippen LogP contribution in [-0.2, 0) is 4.79 Å². The third-order valence-electron chi connectivity index (χ3n) is 3.49. The number of carbonyl (C=O) groups is 2. The first-order valence-corrected chi connectivity index (χ1v) is 7.03. The molecule has 0 aliphatic heterocycles. The van der Waals surface area contributed by atoms with E-state index in [-0.39, 0.29) is 11.7 Å². The lowest BCUT2D eigenvalue weighted by Crippen LogP contribution is -2.11. The van der Waals surface area contributed by atoms with Crippen LogP contribution >= 0.6 is 0 Å². The minimum atomic E-state index is -0.266. The molecule has 0 fully saturated rings. The summed E-state index contributed by atoms with van der Waals surface area (Å²) in [4.78, 5) is 27.3. The summed E-state index contributed by atoms with van der Waals surface area (Å²) in [6.07, 6.45) is 0. The number of H-pyrrole nitrogens is 1. The van der Waals surface area contributed by atoms with Gasteiger partial charge in [0.15, 0.2) is 0 Å². The second kappa shape index (κ2) is 5.78. The maximum absolute atomic E-state index is 12.7. The molecule has 1 aromatic heterocycles. The molecule has 5 heteroatoms. The van der Waals surface area contributed by atoms with Crippen molar-refractivity contribution in [2.24, 2.45) is 0 Å². The number of ketones is 1. The molecule has 0 aliphatic carbocycles. The number of hydrogen-bond donors (Lipinski definition) is 2. The molecule has 112 valence electrons. The molecule has 2 N–H and O–H groups in total. The maximum atomic E-state index is 12.7. The van der Waals surface area contributed by atoms with Crippen LogP contribution in [0.2, 0.25) is 0 Å². The standard InChI is InChI=1S/C18H13N3O2/c1-11(22)20-16-14-8-7-12(10-19)9-15(14)21-17(16)18(23)13-5-3-2-4-6-13/h2-9,21H,1H3,(H,20,22). The Labute approximate surface area is 132 Å². The van der Waals surface area contributed by atoms with Gasteiger partial charge in [-0.05, 0) is 18.2 Å². The van der Waals surface area contributed by atoms with E-state index in [2.05, 4.69) is 16.4 Å². The Hall–Kier alpha value is -3.39.